The summed E-state index contributed by atoms with van der Waals surface area (Å²) in [5.74, 6) is 1.45. The average molecular weight is 536 g/mol. The minimum absolute atomic E-state index is 0.135. The van der Waals surface area contributed by atoms with E-state index in [1.807, 2.05) is 89.7 Å². The highest BCUT2D eigenvalue weighted by Crippen LogP contribution is 2.23. The predicted molar refractivity (Wildman–Crippen MR) is 159 cm³/mol. The number of urea groups is 1. The van der Waals surface area contributed by atoms with Gasteiger partial charge in [-0.1, -0.05) is 48.5 Å². The Morgan fingerprint density at radius 1 is 0.825 bits per heavy atom. The Labute approximate surface area is 233 Å². The Morgan fingerprint density at radius 3 is 2.25 bits per heavy atom. The lowest BCUT2D eigenvalue weighted by Gasteiger charge is -2.21. The van der Waals surface area contributed by atoms with Gasteiger partial charge in [0.2, 0.25) is 0 Å². The summed E-state index contributed by atoms with van der Waals surface area (Å²) in [6.45, 7) is 3.20. The Morgan fingerprint density at radius 2 is 1.50 bits per heavy atom. The third-order valence-corrected chi connectivity index (χ3v) is 6.43. The Bertz CT molecular complexity index is 1500. The van der Waals surface area contributed by atoms with Gasteiger partial charge in [0.1, 0.15) is 11.5 Å². The van der Waals surface area contributed by atoms with Crippen LogP contribution in [0.15, 0.2) is 109 Å². The van der Waals surface area contributed by atoms with Crippen LogP contribution in [0.2, 0.25) is 0 Å². The lowest BCUT2D eigenvalue weighted by Crippen LogP contribution is -2.28. The van der Waals surface area contributed by atoms with Gasteiger partial charge in [0.25, 0.3) is 0 Å². The number of aryl methyl sites for hydroxylation is 1. The second-order valence-corrected chi connectivity index (χ2v) is 9.52. The molecule has 0 spiro atoms. The lowest BCUT2D eigenvalue weighted by molar-refractivity contribution is 0.186. The number of benzene rings is 4. The number of nitrogens with one attached hydrogen (secondary N) is 2. The molecule has 0 saturated carbocycles. The lowest BCUT2D eigenvalue weighted by atomic mass is 10.2. The van der Waals surface area contributed by atoms with Crippen molar-refractivity contribution >= 4 is 28.3 Å². The summed E-state index contributed by atoms with van der Waals surface area (Å²) >= 11 is 0. The first-order valence-corrected chi connectivity index (χ1v) is 13.4. The molecule has 0 fully saturated rings. The van der Waals surface area contributed by atoms with Crippen LogP contribution >= 0.6 is 0 Å². The molecule has 204 valence electrons. The SMILES string of the molecule is O=C(Nc1ccc(Oc2ccccc2)cc1)Nc1ccc2cn(CCCN(CCO)Cc3ccccc3)nc2c1. The highest BCUT2D eigenvalue weighted by molar-refractivity contribution is 6.00. The van der Waals surface area contributed by atoms with Gasteiger partial charge in [-0.2, -0.15) is 5.10 Å². The molecule has 0 aliphatic heterocycles. The average Bonchev–Trinajstić information content (AvgIpc) is 3.37. The van der Waals surface area contributed by atoms with Crippen molar-refractivity contribution in [3.63, 3.8) is 0 Å². The molecule has 1 heterocycles. The topological polar surface area (TPSA) is 91.7 Å². The molecule has 0 atom stereocenters. The standard InChI is InChI=1S/C32H33N5O3/c38-21-20-36(23-25-8-3-1-4-9-25)18-7-19-37-24-26-12-13-28(22-31(26)35-37)34-32(39)33-27-14-16-30(17-15-27)40-29-10-5-2-6-11-29/h1-6,8-17,22,24,38H,7,18-21,23H2,(H2,33,34,39). The van der Waals surface area contributed by atoms with Crippen molar-refractivity contribution in [1.29, 1.82) is 0 Å². The molecule has 5 aromatic rings. The maximum atomic E-state index is 12.6. The first-order chi connectivity index (χ1) is 19.6. The summed E-state index contributed by atoms with van der Waals surface area (Å²) in [5.41, 5.74) is 3.37. The number of carbonyl (C=O) groups is 1. The van der Waals surface area contributed by atoms with Gasteiger partial charge in [0.05, 0.1) is 12.1 Å². The number of nitrogens with zero attached hydrogens (tertiary/aromatic N) is 3. The molecule has 0 aliphatic carbocycles. The first-order valence-electron chi connectivity index (χ1n) is 13.4. The van der Waals surface area contributed by atoms with Gasteiger partial charge in [-0.05, 0) is 66.6 Å². The third kappa shape index (κ3) is 7.69. The minimum atomic E-state index is -0.335. The van der Waals surface area contributed by atoms with Crippen molar-refractivity contribution in [2.75, 3.05) is 30.3 Å². The zero-order chi connectivity index (χ0) is 27.6. The van der Waals surface area contributed by atoms with E-state index in [2.05, 4.69) is 27.7 Å². The van der Waals surface area contributed by atoms with E-state index in [4.69, 9.17) is 9.84 Å². The number of aliphatic hydroxyl groups is 1. The molecule has 4 aromatic carbocycles. The Balaban J connectivity index is 1.12. The summed E-state index contributed by atoms with van der Waals surface area (Å²) in [4.78, 5) is 14.8. The van der Waals surface area contributed by atoms with Crippen LogP contribution in [0.1, 0.15) is 12.0 Å². The second kappa shape index (κ2) is 13.4. The molecule has 0 bridgehead atoms. The van der Waals surface area contributed by atoms with Crippen LogP contribution < -0.4 is 15.4 Å². The van der Waals surface area contributed by atoms with Crippen molar-refractivity contribution in [1.82, 2.24) is 14.7 Å². The van der Waals surface area contributed by atoms with E-state index in [-0.39, 0.29) is 12.6 Å². The molecule has 0 radical (unpaired) electrons. The van der Waals surface area contributed by atoms with E-state index >= 15 is 0 Å². The largest absolute Gasteiger partial charge is 0.457 e. The maximum Gasteiger partial charge on any atom is 0.323 e. The summed E-state index contributed by atoms with van der Waals surface area (Å²) in [7, 11) is 0. The molecule has 40 heavy (non-hydrogen) atoms. The fraction of sp³-hybridized carbons (Fsp3) is 0.188. The second-order valence-electron chi connectivity index (χ2n) is 9.52. The number of ether oxygens (including phenoxy) is 1. The van der Waals surface area contributed by atoms with Crippen LogP contribution in [0, 0.1) is 0 Å². The van der Waals surface area contributed by atoms with E-state index in [9.17, 15) is 9.90 Å². The molecule has 0 saturated heterocycles. The van der Waals surface area contributed by atoms with Crippen molar-refractivity contribution in [3.8, 4) is 11.5 Å². The van der Waals surface area contributed by atoms with Gasteiger partial charge >= 0.3 is 6.03 Å². The number of amides is 2. The van der Waals surface area contributed by atoms with E-state index < -0.39 is 0 Å². The fourth-order valence-corrected chi connectivity index (χ4v) is 4.49. The number of hydrogen-bond acceptors (Lipinski definition) is 5. The number of anilines is 2. The van der Waals surface area contributed by atoms with Gasteiger partial charge in [-0.15, -0.1) is 0 Å². The zero-order valence-electron chi connectivity index (χ0n) is 22.2. The fourth-order valence-electron chi connectivity index (χ4n) is 4.49. The first kappa shape index (κ1) is 26.9. The van der Waals surface area contributed by atoms with Crippen molar-refractivity contribution < 1.29 is 14.6 Å². The molecule has 8 nitrogen and oxygen atoms in total. The monoisotopic (exact) mass is 535 g/mol. The third-order valence-electron chi connectivity index (χ3n) is 6.43. The van der Waals surface area contributed by atoms with Gasteiger partial charge in [0.15, 0.2) is 0 Å². The van der Waals surface area contributed by atoms with Crippen LogP contribution in [-0.4, -0.2) is 45.5 Å². The van der Waals surface area contributed by atoms with Crippen LogP contribution in [0.25, 0.3) is 10.9 Å². The molecular formula is C32H33N5O3. The number of aromatic nitrogens is 2. The highest BCUT2D eigenvalue weighted by Gasteiger charge is 2.09. The van der Waals surface area contributed by atoms with Crippen molar-refractivity contribution in [2.45, 2.75) is 19.5 Å². The molecule has 5 rings (SSSR count). The van der Waals surface area contributed by atoms with Gasteiger partial charge in [-0.3, -0.25) is 9.58 Å². The minimum Gasteiger partial charge on any atom is -0.457 e. The normalized spacial score (nSPS) is 11.1. The molecule has 3 N–H and O–H groups in total. The molecule has 0 unspecified atom stereocenters. The van der Waals surface area contributed by atoms with Gasteiger partial charge in [0, 0.05) is 49.1 Å². The molecule has 8 heteroatoms. The molecule has 1 aromatic heterocycles. The van der Waals surface area contributed by atoms with E-state index in [0.29, 0.717) is 23.7 Å². The number of fused-ring (bicyclic) bond motifs is 1. The number of aliphatic hydroxyl groups excluding tert-OH is 1. The van der Waals surface area contributed by atoms with Crippen LogP contribution in [-0.2, 0) is 13.1 Å². The number of para-hydroxylation sites is 1. The number of rotatable bonds is 12. The smallest absolute Gasteiger partial charge is 0.323 e. The van der Waals surface area contributed by atoms with E-state index in [1.54, 1.807) is 12.1 Å². The Kier molecular flexibility index (Phi) is 9.03. The molecule has 0 aliphatic rings. The van der Waals surface area contributed by atoms with Crippen LogP contribution in [0.3, 0.4) is 0 Å². The molecule has 2 amide bonds. The van der Waals surface area contributed by atoms with E-state index in [0.717, 1.165) is 42.7 Å². The molecular weight excluding hydrogens is 502 g/mol. The Hall–Kier alpha value is -4.66. The quantitative estimate of drug-likeness (QED) is 0.173. The summed E-state index contributed by atoms with van der Waals surface area (Å²) in [6.07, 6.45) is 2.93. The van der Waals surface area contributed by atoms with Gasteiger partial charge < -0.3 is 20.5 Å². The highest BCUT2D eigenvalue weighted by atomic mass is 16.5. The van der Waals surface area contributed by atoms with Crippen molar-refractivity contribution in [2.24, 2.45) is 0 Å². The summed E-state index contributed by atoms with van der Waals surface area (Å²) < 4.78 is 7.74. The number of carbonyl (C=O) groups excluding carboxylic acids is 1. The maximum absolute atomic E-state index is 12.6. The van der Waals surface area contributed by atoms with Crippen LogP contribution in [0.5, 0.6) is 11.5 Å². The predicted octanol–water partition coefficient (Wildman–Crippen LogP) is 6.36. The van der Waals surface area contributed by atoms with Crippen molar-refractivity contribution in [3.05, 3.63) is 115 Å². The number of hydrogen-bond donors (Lipinski definition) is 3. The summed E-state index contributed by atoms with van der Waals surface area (Å²) in [6, 6.07) is 32.4. The van der Waals surface area contributed by atoms with Gasteiger partial charge in [-0.25, -0.2) is 4.79 Å². The van der Waals surface area contributed by atoms with Crippen LogP contribution in [0.4, 0.5) is 16.2 Å². The summed E-state index contributed by atoms with van der Waals surface area (Å²) in [5, 5.41) is 20.9. The zero-order valence-corrected chi connectivity index (χ0v) is 22.2. The van der Waals surface area contributed by atoms with E-state index in [1.165, 1.54) is 5.56 Å².